The molecule has 3 heterocycles. The van der Waals surface area contributed by atoms with Gasteiger partial charge in [-0.3, -0.25) is 9.89 Å². The van der Waals surface area contributed by atoms with Crippen LogP contribution < -0.4 is 0 Å². The van der Waals surface area contributed by atoms with Gasteiger partial charge in [-0.1, -0.05) is 13.3 Å². The largest absolute Gasteiger partial charge is 0.441 e. The molecule has 1 aromatic heterocycles. The second-order valence-electron chi connectivity index (χ2n) is 8.35. The molecular formula is C20H30N4O3. The number of H-pyrrole nitrogens is 1. The molecule has 3 aliphatic rings. The molecule has 0 bridgehead atoms. The van der Waals surface area contributed by atoms with Crippen molar-refractivity contribution in [2.45, 2.75) is 76.9 Å². The van der Waals surface area contributed by atoms with E-state index in [2.05, 4.69) is 24.0 Å². The third-order valence-corrected chi connectivity index (χ3v) is 6.46. The SMILES string of the molecule is CCCC(C)N1CC2(CCN(C(=O)c3n[nH]c4c3CCCC4)CC2)OC1=O. The minimum absolute atomic E-state index is 0.0183. The number of aromatic amines is 1. The van der Waals surface area contributed by atoms with Crippen molar-refractivity contribution < 1.29 is 14.3 Å². The fourth-order valence-electron chi connectivity index (χ4n) is 4.75. The van der Waals surface area contributed by atoms with Crippen LogP contribution in [0.4, 0.5) is 4.79 Å². The molecule has 7 nitrogen and oxygen atoms in total. The molecule has 0 radical (unpaired) electrons. The molecule has 2 saturated heterocycles. The number of aromatic nitrogens is 2. The van der Waals surface area contributed by atoms with Crippen molar-refractivity contribution in [1.82, 2.24) is 20.0 Å². The van der Waals surface area contributed by atoms with Gasteiger partial charge in [-0.05, 0) is 39.0 Å². The van der Waals surface area contributed by atoms with E-state index in [1.807, 2.05) is 9.80 Å². The average molecular weight is 374 g/mol. The number of ether oxygens (including phenoxy) is 1. The fourth-order valence-corrected chi connectivity index (χ4v) is 4.75. The highest BCUT2D eigenvalue weighted by molar-refractivity contribution is 5.94. The van der Waals surface area contributed by atoms with E-state index < -0.39 is 5.60 Å². The number of amides is 2. The van der Waals surface area contributed by atoms with E-state index in [4.69, 9.17) is 4.74 Å². The van der Waals surface area contributed by atoms with Crippen LogP contribution in [-0.2, 0) is 17.6 Å². The molecule has 4 rings (SSSR count). The zero-order chi connectivity index (χ0) is 19.0. The van der Waals surface area contributed by atoms with Crippen LogP contribution in [0.2, 0.25) is 0 Å². The third kappa shape index (κ3) is 3.32. The zero-order valence-corrected chi connectivity index (χ0v) is 16.4. The fraction of sp³-hybridized carbons (Fsp3) is 0.750. The van der Waals surface area contributed by atoms with Crippen molar-refractivity contribution in [2.24, 2.45) is 0 Å². The Balaban J connectivity index is 1.40. The summed E-state index contributed by atoms with van der Waals surface area (Å²) in [5.41, 5.74) is 2.41. The van der Waals surface area contributed by atoms with Crippen LogP contribution in [0.25, 0.3) is 0 Å². The standard InChI is InChI=1S/C20H30N4O3/c1-3-6-14(2)24-13-20(27-19(24)26)9-11-23(12-10-20)18(25)17-15-7-4-5-8-16(15)21-22-17/h14H,3-13H2,1-2H3,(H,21,22). The summed E-state index contributed by atoms with van der Waals surface area (Å²) in [7, 11) is 0. The lowest BCUT2D eigenvalue weighted by Crippen LogP contribution is -2.49. The number of nitrogens with zero attached hydrogens (tertiary/aromatic N) is 3. The smallest absolute Gasteiger partial charge is 0.410 e. The number of carbonyl (C=O) groups excluding carboxylic acids is 2. The second-order valence-corrected chi connectivity index (χ2v) is 8.35. The Morgan fingerprint density at radius 3 is 2.78 bits per heavy atom. The van der Waals surface area contributed by atoms with Gasteiger partial charge in [-0.25, -0.2) is 4.79 Å². The van der Waals surface area contributed by atoms with Crippen LogP contribution in [0.3, 0.4) is 0 Å². The van der Waals surface area contributed by atoms with Crippen molar-refractivity contribution in [3.05, 3.63) is 17.0 Å². The Morgan fingerprint density at radius 1 is 1.30 bits per heavy atom. The first-order chi connectivity index (χ1) is 13.0. The van der Waals surface area contributed by atoms with Crippen molar-refractivity contribution >= 4 is 12.0 Å². The summed E-state index contributed by atoms with van der Waals surface area (Å²) in [5.74, 6) is 0.0183. The van der Waals surface area contributed by atoms with Gasteiger partial charge in [0.05, 0.1) is 6.54 Å². The minimum atomic E-state index is -0.430. The molecule has 2 aliphatic heterocycles. The molecule has 1 spiro atoms. The minimum Gasteiger partial charge on any atom is -0.441 e. The predicted molar refractivity (Wildman–Crippen MR) is 101 cm³/mol. The molecule has 0 saturated carbocycles. The highest BCUT2D eigenvalue weighted by Gasteiger charge is 2.48. The van der Waals surface area contributed by atoms with Gasteiger partial charge in [0, 0.05) is 43.2 Å². The number of likely N-dealkylation sites (tertiary alicyclic amines) is 1. The Labute approximate surface area is 160 Å². The molecule has 1 aromatic rings. The van der Waals surface area contributed by atoms with E-state index in [0.717, 1.165) is 49.8 Å². The third-order valence-electron chi connectivity index (χ3n) is 6.46. The summed E-state index contributed by atoms with van der Waals surface area (Å²) in [4.78, 5) is 29.1. The molecule has 2 fully saturated rings. The number of hydrogen-bond donors (Lipinski definition) is 1. The maximum atomic E-state index is 13.0. The molecule has 2 amide bonds. The number of piperidine rings is 1. The quantitative estimate of drug-likeness (QED) is 0.879. The maximum Gasteiger partial charge on any atom is 0.410 e. The monoisotopic (exact) mass is 374 g/mol. The number of aryl methyl sites for hydroxylation is 1. The van der Waals surface area contributed by atoms with Crippen LogP contribution in [0.15, 0.2) is 0 Å². The molecule has 1 N–H and O–H groups in total. The average Bonchev–Trinajstić information content (AvgIpc) is 3.23. The molecular weight excluding hydrogens is 344 g/mol. The van der Waals surface area contributed by atoms with Gasteiger partial charge in [0.1, 0.15) is 5.60 Å². The molecule has 0 aromatic carbocycles. The lowest BCUT2D eigenvalue weighted by molar-refractivity contribution is 0.00286. The molecule has 1 atom stereocenters. The van der Waals surface area contributed by atoms with Gasteiger partial charge in [0.2, 0.25) is 0 Å². The lowest BCUT2D eigenvalue weighted by Gasteiger charge is -2.37. The van der Waals surface area contributed by atoms with Gasteiger partial charge in [-0.15, -0.1) is 0 Å². The highest BCUT2D eigenvalue weighted by Crippen LogP contribution is 2.35. The predicted octanol–water partition coefficient (Wildman–Crippen LogP) is 2.90. The molecule has 148 valence electrons. The second kappa shape index (κ2) is 7.17. The summed E-state index contributed by atoms with van der Waals surface area (Å²) >= 11 is 0. The maximum absolute atomic E-state index is 13.0. The van der Waals surface area contributed by atoms with Gasteiger partial charge in [0.25, 0.3) is 5.91 Å². The molecule has 1 unspecified atom stereocenters. The Hall–Kier alpha value is -2.05. The molecule has 27 heavy (non-hydrogen) atoms. The van der Waals surface area contributed by atoms with Crippen molar-refractivity contribution in [3.8, 4) is 0 Å². The first-order valence-corrected chi connectivity index (χ1v) is 10.4. The Bertz CT molecular complexity index is 721. The van der Waals surface area contributed by atoms with Crippen LogP contribution >= 0.6 is 0 Å². The van der Waals surface area contributed by atoms with E-state index in [-0.39, 0.29) is 18.0 Å². The van der Waals surface area contributed by atoms with Crippen LogP contribution in [0, 0.1) is 0 Å². The van der Waals surface area contributed by atoms with Crippen molar-refractivity contribution in [1.29, 1.82) is 0 Å². The highest BCUT2D eigenvalue weighted by atomic mass is 16.6. The summed E-state index contributed by atoms with van der Waals surface area (Å²) in [6.45, 7) is 6.09. The number of nitrogens with one attached hydrogen (secondary N) is 1. The Kier molecular flexibility index (Phi) is 4.86. The number of fused-ring (bicyclic) bond motifs is 1. The van der Waals surface area contributed by atoms with E-state index in [1.165, 1.54) is 0 Å². The van der Waals surface area contributed by atoms with Gasteiger partial charge in [-0.2, -0.15) is 5.10 Å². The zero-order valence-electron chi connectivity index (χ0n) is 16.4. The van der Waals surface area contributed by atoms with E-state index in [0.29, 0.717) is 38.2 Å². The first-order valence-electron chi connectivity index (χ1n) is 10.4. The van der Waals surface area contributed by atoms with Gasteiger partial charge >= 0.3 is 6.09 Å². The number of carbonyl (C=O) groups is 2. The summed E-state index contributed by atoms with van der Waals surface area (Å²) < 4.78 is 5.81. The summed E-state index contributed by atoms with van der Waals surface area (Å²) in [5, 5.41) is 7.38. The van der Waals surface area contributed by atoms with E-state index in [9.17, 15) is 9.59 Å². The molecule has 7 heteroatoms. The Morgan fingerprint density at radius 2 is 2.04 bits per heavy atom. The van der Waals surface area contributed by atoms with Crippen LogP contribution in [0.1, 0.15) is 74.1 Å². The number of hydrogen-bond acceptors (Lipinski definition) is 4. The normalized spacial score (nSPS) is 22.7. The van der Waals surface area contributed by atoms with Crippen molar-refractivity contribution in [3.63, 3.8) is 0 Å². The van der Waals surface area contributed by atoms with Crippen LogP contribution in [-0.4, -0.2) is 63.3 Å². The van der Waals surface area contributed by atoms with Gasteiger partial charge < -0.3 is 14.5 Å². The van der Waals surface area contributed by atoms with E-state index >= 15 is 0 Å². The van der Waals surface area contributed by atoms with Crippen molar-refractivity contribution in [2.75, 3.05) is 19.6 Å². The first kappa shape index (κ1) is 18.3. The summed E-state index contributed by atoms with van der Waals surface area (Å²) in [6, 6.07) is 0.206. The van der Waals surface area contributed by atoms with Gasteiger partial charge in [0.15, 0.2) is 5.69 Å². The lowest BCUT2D eigenvalue weighted by atomic mass is 9.90. The summed E-state index contributed by atoms with van der Waals surface area (Å²) in [6.07, 6.45) is 7.45. The van der Waals surface area contributed by atoms with Crippen LogP contribution in [0.5, 0.6) is 0 Å². The number of rotatable bonds is 4. The van der Waals surface area contributed by atoms with E-state index in [1.54, 1.807) is 0 Å². The topological polar surface area (TPSA) is 78.5 Å². The molecule has 1 aliphatic carbocycles.